The summed E-state index contributed by atoms with van der Waals surface area (Å²) in [7, 11) is 0. The summed E-state index contributed by atoms with van der Waals surface area (Å²) in [4.78, 5) is 27.6. The van der Waals surface area contributed by atoms with Gasteiger partial charge in [-0.2, -0.15) is 0 Å². The third-order valence-corrected chi connectivity index (χ3v) is 4.60. The first-order chi connectivity index (χ1) is 12.6. The molecule has 0 aliphatic carbocycles. The number of para-hydroxylation sites is 1. The molecule has 4 heteroatoms. The highest BCUT2D eigenvalue weighted by Gasteiger charge is 2.21. The SMILES string of the molecule is CCCCN(Cc1ccccc1C)C(=O)c1coc2ccccc2c1=O. The van der Waals surface area contributed by atoms with Crippen LogP contribution < -0.4 is 5.43 Å². The number of rotatable bonds is 6. The summed E-state index contributed by atoms with van der Waals surface area (Å²) in [6.07, 6.45) is 3.16. The molecule has 1 heterocycles. The summed E-state index contributed by atoms with van der Waals surface area (Å²) >= 11 is 0. The maximum atomic E-state index is 13.1. The highest BCUT2D eigenvalue weighted by molar-refractivity contribution is 5.96. The van der Waals surface area contributed by atoms with Crippen molar-refractivity contribution in [2.24, 2.45) is 0 Å². The van der Waals surface area contributed by atoms with Gasteiger partial charge >= 0.3 is 0 Å². The van der Waals surface area contributed by atoms with E-state index in [0.29, 0.717) is 24.1 Å². The monoisotopic (exact) mass is 349 g/mol. The molecule has 2 aromatic carbocycles. The number of carbonyl (C=O) groups is 1. The first kappa shape index (κ1) is 17.9. The predicted octanol–water partition coefficient (Wildman–Crippen LogP) is 4.54. The molecule has 0 atom stereocenters. The molecule has 4 nitrogen and oxygen atoms in total. The van der Waals surface area contributed by atoms with E-state index in [1.54, 1.807) is 29.2 Å². The molecule has 0 aliphatic heterocycles. The molecule has 0 saturated heterocycles. The van der Waals surface area contributed by atoms with Crippen LogP contribution in [0.5, 0.6) is 0 Å². The summed E-state index contributed by atoms with van der Waals surface area (Å²) in [6.45, 7) is 5.21. The summed E-state index contributed by atoms with van der Waals surface area (Å²) in [6, 6.07) is 15.0. The molecule has 134 valence electrons. The van der Waals surface area contributed by atoms with E-state index in [2.05, 4.69) is 6.92 Å². The van der Waals surface area contributed by atoms with Gasteiger partial charge in [0.05, 0.1) is 5.39 Å². The minimum absolute atomic E-state index is 0.0911. The quantitative estimate of drug-likeness (QED) is 0.656. The molecule has 26 heavy (non-hydrogen) atoms. The lowest BCUT2D eigenvalue weighted by Crippen LogP contribution is -2.34. The third-order valence-electron chi connectivity index (χ3n) is 4.60. The van der Waals surface area contributed by atoms with Crippen LogP contribution in [0, 0.1) is 6.92 Å². The lowest BCUT2D eigenvalue weighted by atomic mass is 10.1. The number of nitrogens with zero attached hydrogens (tertiary/aromatic N) is 1. The molecule has 0 N–H and O–H groups in total. The fourth-order valence-electron chi connectivity index (χ4n) is 2.99. The standard InChI is InChI=1S/C22H23NO3/c1-3-4-13-23(14-17-10-6-5-9-16(17)2)22(25)19-15-26-20-12-8-7-11-18(20)21(19)24/h5-12,15H,3-4,13-14H2,1-2H3. The summed E-state index contributed by atoms with van der Waals surface area (Å²) in [5.74, 6) is -0.277. The maximum absolute atomic E-state index is 13.1. The lowest BCUT2D eigenvalue weighted by molar-refractivity contribution is 0.0737. The average Bonchev–Trinajstić information content (AvgIpc) is 2.66. The van der Waals surface area contributed by atoms with Gasteiger partial charge < -0.3 is 9.32 Å². The van der Waals surface area contributed by atoms with Gasteiger partial charge in [0.25, 0.3) is 5.91 Å². The first-order valence-electron chi connectivity index (χ1n) is 8.96. The number of hydrogen-bond acceptors (Lipinski definition) is 3. The van der Waals surface area contributed by atoms with Crippen LogP contribution in [-0.4, -0.2) is 17.4 Å². The molecule has 1 aromatic heterocycles. The molecule has 0 aliphatic rings. The number of hydrogen-bond donors (Lipinski definition) is 0. The number of aryl methyl sites for hydroxylation is 1. The number of amides is 1. The maximum Gasteiger partial charge on any atom is 0.261 e. The van der Waals surface area contributed by atoms with Crippen LogP contribution in [-0.2, 0) is 6.54 Å². The number of fused-ring (bicyclic) bond motifs is 1. The summed E-state index contributed by atoms with van der Waals surface area (Å²) < 4.78 is 5.53. The van der Waals surface area contributed by atoms with Crippen molar-refractivity contribution in [3.63, 3.8) is 0 Å². The Balaban J connectivity index is 1.96. The molecule has 0 spiro atoms. The van der Waals surface area contributed by atoms with Crippen molar-refractivity contribution in [2.75, 3.05) is 6.54 Å². The van der Waals surface area contributed by atoms with E-state index < -0.39 is 0 Å². The molecular weight excluding hydrogens is 326 g/mol. The second kappa shape index (κ2) is 8.00. The van der Waals surface area contributed by atoms with Gasteiger partial charge in [-0.15, -0.1) is 0 Å². The van der Waals surface area contributed by atoms with Crippen LogP contribution in [0.25, 0.3) is 11.0 Å². The van der Waals surface area contributed by atoms with Crippen LogP contribution in [0.15, 0.2) is 64.0 Å². The lowest BCUT2D eigenvalue weighted by Gasteiger charge is -2.23. The molecule has 0 radical (unpaired) electrons. The Kier molecular flexibility index (Phi) is 5.52. The number of benzene rings is 2. The first-order valence-corrected chi connectivity index (χ1v) is 8.96. The predicted molar refractivity (Wildman–Crippen MR) is 103 cm³/mol. The van der Waals surface area contributed by atoms with Crippen LogP contribution >= 0.6 is 0 Å². The van der Waals surface area contributed by atoms with E-state index in [9.17, 15) is 9.59 Å². The molecule has 1 amide bonds. The van der Waals surface area contributed by atoms with Crippen LogP contribution in [0.2, 0.25) is 0 Å². The number of carbonyl (C=O) groups excluding carboxylic acids is 1. The van der Waals surface area contributed by atoms with E-state index in [0.717, 1.165) is 24.0 Å². The zero-order valence-corrected chi connectivity index (χ0v) is 15.2. The fraction of sp³-hybridized carbons (Fsp3) is 0.273. The van der Waals surface area contributed by atoms with Crippen molar-refractivity contribution in [1.29, 1.82) is 0 Å². The molecule has 0 bridgehead atoms. The molecular formula is C22H23NO3. The zero-order chi connectivity index (χ0) is 18.5. The Labute approximate surface area is 153 Å². The molecule has 3 aromatic rings. The number of unbranched alkanes of at least 4 members (excludes halogenated alkanes) is 1. The van der Waals surface area contributed by atoms with Crippen molar-refractivity contribution < 1.29 is 9.21 Å². The van der Waals surface area contributed by atoms with Gasteiger partial charge in [0.15, 0.2) is 0 Å². The Morgan fingerprint density at radius 3 is 2.58 bits per heavy atom. The zero-order valence-electron chi connectivity index (χ0n) is 15.2. The summed E-state index contributed by atoms with van der Waals surface area (Å²) in [5.41, 5.74) is 2.53. The van der Waals surface area contributed by atoms with Gasteiger partial charge in [0.1, 0.15) is 17.4 Å². The van der Waals surface area contributed by atoms with E-state index in [1.807, 2.05) is 31.2 Å². The minimum atomic E-state index is -0.277. The van der Waals surface area contributed by atoms with Crippen molar-refractivity contribution >= 4 is 16.9 Å². The van der Waals surface area contributed by atoms with Gasteiger partial charge in [0, 0.05) is 13.1 Å². The Bertz CT molecular complexity index is 974. The highest BCUT2D eigenvalue weighted by Crippen LogP contribution is 2.16. The van der Waals surface area contributed by atoms with Crippen LogP contribution in [0.3, 0.4) is 0 Å². The molecule has 3 rings (SSSR count). The fourth-order valence-corrected chi connectivity index (χ4v) is 2.99. The topological polar surface area (TPSA) is 50.5 Å². The Hall–Kier alpha value is -2.88. The second-order valence-corrected chi connectivity index (χ2v) is 6.48. The van der Waals surface area contributed by atoms with E-state index in [1.165, 1.54) is 6.26 Å². The highest BCUT2D eigenvalue weighted by atomic mass is 16.3. The smallest absolute Gasteiger partial charge is 0.261 e. The second-order valence-electron chi connectivity index (χ2n) is 6.48. The molecule has 0 saturated carbocycles. The van der Waals surface area contributed by atoms with E-state index in [-0.39, 0.29) is 16.9 Å². The van der Waals surface area contributed by atoms with Crippen molar-refractivity contribution in [3.05, 3.63) is 81.7 Å². The largest absolute Gasteiger partial charge is 0.463 e. The molecule has 0 fully saturated rings. The Morgan fingerprint density at radius 2 is 1.81 bits per heavy atom. The van der Waals surface area contributed by atoms with Gasteiger partial charge in [-0.05, 0) is 36.6 Å². The van der Waals surface area contributed by atoms with Gasteiger partial charge in [-0.3, -0.25) is 9.59 Å². The Morgan fingerprint density at radius 1 is 1.08 bits per heavy atom. The third kappa shape index (κ3) is 3.69. The van der Waals surface area contributed by atoms with Crippen LogP contribution in [0.1, 0.15) is 41.3 Å². The summed E-state index contributed by atoms with van der Waals surface area (Å²) in [5, 5.41) is 0.435. The minimum Gasteiger partial charge on any atom is -0.463 e. The van der Waals surface area contributed by atoms with Crippen LogP contribution in [0.4, 0.5) is 0 Å². The molecule has 0 unspecified atom stereocenters. The van der Waals surface area contributed by atoms with Gasteiger partial charge in [0.2, 0.25) is 5.43 Å². The van der Waals surface area contributed by atoms with Crippen molar-refractivity contribution in [1.82, 2.24) is 4.90 Å². The van der Waals surface area contributed by atoms with E-state index in [4.69, 9.17) is 4.42 Å². The van der Waals surface area contributed by atoms with Gasteiger partial charge in [-0.25, -0.2) is 0 Å². The van der Waals surface area contributed by atoms with Crippen molar-refractivity contribution in [3.8, 4) is 0 Å². The van der Waals surface area contributed by atoms with E-state index >= 15 is 0 Å². The average molecular weight is 349 g/mol. The van der Waals surface area contributed by atoms with Gasteiger partial charge in [-0.1, -0.05) is 49.7 Å². The normalized spacial score (nSPS) is 10.8. The van der Waals surface area contributed by atoms with Crippen molar-refractivity contribution in [2.45, 2.75) is 33.2 Å².